The summed E-state index contributed by atoms with van der Waals surface area (Å²) >= 11 is 0. The maximum absolute atomic E-state index is 8.14. The lowest BCUT2D eigenvalue weighted by Gasteiger charge is -2.12. The van der Waals surface area contributed by atoms with E-state index in [2.05, 4.69) is 0 Å². The average molecular weight is 97.9 g/mol. The van der Waals surface area contributed by atoms with Crippen molar-refractivity contribution in [1.29, 1.82) is 0 Å². The highest BCUT2D eigenvalue weighted by Gasteiger charge is 2.04. The standard InChI is InChI=1S/C4H7BO2/c6-5-7-4-2-1-3-4/h2,5-6H,1,3H2. The molecule has 3 heteroatoms. The fourth-order valence-corrected chi connectivity index (χ4v) is 0.476. The number of allylic oxidation sites excluding steroid dienone is 2. The summed E-state index contributed by atoms with van der Waals surface area (Å²) in [5.74, 6) is 0.933. The lowest BCUT2D eigenvalue weighted by Crippen LogP contribution is -2.02. The number of rotatable bonds is 2. The van der Waals surface area contributed by atoms with E-state index < -0.39 is 0 Å². The van der Waals surface area contributed by atoms with Gasteiger partial charge in [0.25, 0.3) is 0 Å². The highest BCUT2D eigenvalue weighted by atomic mass is 16.5. The minimum absolute atomic E-state index is 0.175. The first kappa shape index (κ1) is 4.72. The Balaban J connectivity index is 2.15. The predicted molar refractivity (Wildman–Crippen MR) is 27.8 cm³/mol. The molecule has 1 aliphatic rings. The molecular weight excluding hydrogens is 90.9 g/mol. The topological polar surface area (TPSA) is 29.5 Å². The molecule has 7 heavy (non-hydrogen) atoms. The first-order chi connectivity index (χ1) is 3.43. The molecule has 0 saturated carbocycles. The second-order valence-corrected chi connectivity index (χ2v) is 1.48. The smallest absolute Gasteiger partial charge is 0.503 e. The van der Waals surface area contributed by atoms with Gasteiger partial charge in [0.2, 0.25) is 0 Å². The van der Waals surface area contributed by atoms with Gasteiger partial charge in [-0.1, -0.05) is 0 Å². The summed E-state index contributed by atoms with van der Waals surface area (Å²) in [6.45, 7) is 0. The molecule has 0 saturated heterocycles. The van der Waals surface area contributed by atoms with E-state index in [1.54, 1.807) is 0 Å². The van der Waals surface area contributed by atoms with Crippen LogP contribution in [-0.4, -0.2) is 12.7 Å². The lowest BCUT2D eigenvalue weighted by atomic mass is 10.1. The highest BCUT2D eigenvalue weighted by molar-refractivity contribution is 6.16. The summed E-state index contributed by atoms with van der Waals surface area (Å²) in [5.41, 5.74) is 0. The molecule has 1 N–H and O–H groups in total. The molecule has 2 nitrogen and oxygen atoms in total. The van der Waals surface area contributed by atoms with Gasteiger partial charge >= 0.3 is 7.69 Å². The molecule has 0 heterocycles. The summed E-state index contributed by atoms with van der Waals surface area (Å²) in [6.07, 6.45) is 4.08. The Labute approximate surface area is 43.1 Å². The molecule has 0 spiro atoms. The fourth-order valence-electron chi connectivity index (χ4n) is 0.476. The molecule has 0 aromatic carbocycles. The molecule has 0 amide bonds. The van der Waals surface area contributed by atoms with E-state index in [1.165, 1.54) is 0 Å². The first-order valence-electron chi connectivity index (χ1n) is 2.36. The van der Waals surface area contributed by atoms with Crippen molar-refractivity contribution >= 4 is 7.69 Å². The largest absolute Gasteiger partial charge is 0.542 e. The van der Waals surface area contributed by atoms with Crippen molar-refractivity contribution in [1.82, 2.24) is 0 Å². The maximum Gasteiger partial charge on any atom is 0.503 e. The molecule has 0 aromatic heterocycles. The Morgan fingerprint density at radius 1 is 1.86 bits per heavy atom. The van der Waals surface area contributed by atoms with Gasteiger partial charge in [0.15, 0.2) is 0 Å². The van der Waals surface area contributed by atoms with Crippen LogP contribution in [0.1, 0.15) is 12.8 Å². The Kier molecular flexibility index (Phi) is 1.37. The van der Waals surface area contributed by atoms with E-state index >= 15 is 0 Å². The molecule has 0 aromatic rings. The summed E-state index contributed by atoms with van der Waals surface area (Å²) in [5, 5.41) is 8.14. The van der Waals surface area contributed by atoms with Gasteiger partial charge in [0, 0.05) is 6.42 Å². The zero-order valence-electron chi connectivity index (χ0n) is 4.05. The molecule has 38 valence electrons. The monoisotopic (exact) mass is 98.1 g/mol. The fraction of sp³-hybridized carbons (Fsp3) is 0.500. The zero-order chi connectivity index (χ0) is 5.11. The average Bonchev–Trinajstić information content (AvgIpc) is 1.55. The van der Waals surface area contributed by atoms with Crippen LogP contribution >= 0.6 is 0 Å². The second-order valence-electron chi connectivity index (χ2n) is 1.48. The molecule has 1 rings (SSSR count). The van der Waals surface area contributed by atoms with E-state index in [-0.39, 0.29) is 7.69 Å². The van der Waals surface area contributed by atoms with Crippen LogP contribution in [-0.2, 0) is 4.65 Å². The molecular formula is C4H7BO2. The summed E-state index contributed by atoms with van der Waals surface area (Å²) in [6, 6.07) is 0. The van der Waals surface area contributed by atoms with Crippen LogP contribution in [0.3, 0.4) is 0 Å². The number of hydrogen-bond donors (Lipinski definition) is 1. The van der Waals surface area contributed by atoms with Gasteiger partial charge in [-0.25, -0.2) is 0 Å². The van der Waals surface area contributed by atoms with Crippen molar-refractivity contribution in [2.75, 3.05) is 0 Å². The Bertz CT molecular complexity index is 89.7. The molecule has 0 fully saturated rings. The molecule has 1 aliphatic carbocycles. The lowest BCUT2D eigenvalue weighted by molar-refractivity contribution is 0.338. The van der Waals surface area contributed by atoms with Crippen molar-refractivity contribution < 1.29 is 9.68 Å². The van der Waals surface area contributed by atoms with Crippen LogP contribution < -0.4 is 0 Å². The summed E-state index contributed by atoms with van der Waals surface area (Å²) in [4.78, 5) is 0. The van der Waals surface area contributed by atoms with Crippen molar-refractivity contribution in [2.24, 2.45) is 0 Å². The van der Waals surface area contributed by atoms with E-state index in [9.17, 15) is 0 Å². The van der Waals surface area contributed by atoms with Gasteiger partial charge in [0.05, 0.1) is 5.76 Å². The van der Waals surface area contributed by atoms with E-state index in [0.29, 0.717) is 0 Å². The third-order valence-corrected chi connectivity index (χ3v) is 1.01. The first-order valence-corrected chi connectivity index (χ1v) is 2.36. The number of hydrogen-bond acceptors (Lipinski definition) is 2. The van der Waals surface area contributed by atoms with Crippen LogP contribution in [0.15, 0.2) is 11.8 Å². The summed E-state index contributed by atoms with van der Waals surface area (Å²) < 4.78 is 4.69. The van der Waals surface area contributed by atoms with Crippen LogP contribution in [0.2, 0.25) is 0 Å². The van der Waals surface area contributed by atoms with Crippen molar-refractivity contribution in [3.63, 3.8) is 0 Å². The van der Waals surface area contributed by atoms with Crippen molar-refractivity contribution in [3.05, 3.63) is 11.8 Å². The minimum atomic E-state index is -0.175. The van der Waals surface area contributed by atoms with E-state index in [1.807, 2.05) is 6.08 Å². The quantitative estimate of drug-likeness (QED) is 0.490. The van der Waals surface area contributed by atoms with Crippen LogP contribution in [0, 0.1) is 0 Å². The molecule has 0 unspecified atom stereocenters. The van der Waals surface area contributed by atoms with E-state index in [0.717, 1.165) is 18.6 Å². The van der Waals surface area contributed by atoms with Gasteiger partial charge in [-0.05, 0) is 12.5 Å². The third-order valence-electron chi connectivity index (χ3n) is 1.01. The highest BCUT2D eigenvalue weighted by Crippen LogP contribution is 2.17. The molecule has 0 radical (unpaired) electrons. The molecule has 0 aliphatic heterocycles. The Morgan fingerprint density at radius 2 is 2.57 bits per heavy atom. The van der Waals surface area contributed by atoms with Gasteiger partial charge in [-0.2, -0.15) is 0 Å². The van der Waals surface area contributed by atoms with Crippen LogP contribution in [0.4, 0.5) is 0 Å². The molecule has 0 bridgehead atoms. The van der Waals surface area contributed by atoms with Gasteiger partial charge in [0.1, 0.15) is 0 Å². The maximum atomic E-state index is 8.14. The third kappa shape index (κ3) is 0.964. The second kappa shape index (κ2) is 2.03. The molecule has 0 atom stereocenters. The van der Waals surface area contributed by atoms with Gasteiger partial charge in [-0.15, -0.1) is 0 Å². The van der Waals surface area contributed by atoms with Crippen LogP contribution in [0.25, 0.3) is 0 Å². The SMILES string of the molecule is OBOC1=CCC1. The Hall–Kier alpha value is -0.435. The van der Waals surface area contributed by atoms with Crippen molar-refractivity contribution in [2.45, 2.75) is 12.8 Å². The van der Waals surface area contributed by atoms with E-state index in [4.69, 9.17) is 9.68 Å². The zero-order valence-corrected chi connectivity index (χ0v) is 4.05. The van der Waals surface area contributed by atoms with Crippen LogP contribution in [0.5, 0.6) is 0 Å². The van der Waals surface area contributed by atoms with Gasteiger partial charge < -0.3 is 9.68 Å². The predicted octanol–water partition coefficient (Wildman–Crippen LogP) is -0.0605. The van der Waals surface area contributed by atoms with Crippen molar-refractivity contribution in [3.8, 4) is 0 Å². The summed E-state index contributed by atoms with van der Waals surface area (Å²) in [7, 11) is -0.175. The Morgan fingerprint density at radius 3 is 2.71 bits per heavy atom. The minimum Gasteiger partial charge on any atom is -0.542 e. The normalized spacial score (nSPS) is 17.0. The van der Waals surface area contributed by atoms with Gasteiger partial charge in [-0.3, -0.25) is 0 Å².